The summed E-state index contributed by atoms with van der Waals surface area (Å²) in [5, 5.41) is 10.4. The van der Waals surface area contributed by atoms with Gasteiger partial charge in [0.2, 0.25) is 0 Å². The van der Waals surface area contributed by atoms with E-state index in [1.807, 2.05) is 0 Å². The number of nitrogens with one attached hydrogen (secondary N) is 1. The van der Waals surface area contributed by atoms with Gasteiger partial charge in [-0.15, -0.1) is 0 Å². The smallest absolute Gasteiger partial charge is 0.119 e. The van der Waals surface area contributed by atoms with Crippen molar-refractivity contribution in [3.05, 3.63) is 29.3 Å². The van der Waals surface area contributed by atoms with Gasteiger partial charge in [-0.1, -0.05) is 24.4 Å². The molecule has 1 saturated carbocycles. The molecule has 19 heavy (non-hydrogen) atoms. The molecule has 1 fully saturated rings. The van der Waals surface area contributed by atoms with Crippen molar-refractivity contribution in [1.82, 2.24) is 5.48 Å². The fourth-order valence-corrected chi connectivity index (χ4v) is 2.18. The van der Waals surface area contributed by atoms with Crippen molar-refractivity contribution in [1.29, 1.82) is 0 Å². The minimum absolute atomic E-state index is 0.225. The fourth-order valence-electron chi connectivity index (χ4n) is 2.05. The second-order valence-corrected chi connectivity index (χ2v) is 5.23. The molecular weight excluding hydrogens is 266 g/mol. The van der Waals surface area contributed by atoms with Crippen LogP contribution in [0.3, 0.4) is 0 Å². The molecule has 1 atom stereocenters. The van der Waals surface area contributed by atoms with Crippen LogP contribution >= 0.6 is 11.6 Å². The standard InChI is InChI=1S/C14H20ClNO3/c15-11-5-7-13(8-6-11)18-10-12(17)9-16-19-14-3-1-2-4-14/h5-8,12,14,16-17H,1-4,9-10H2. The zero-order chi connectivity index (χ0) is 13.5. The third kappa shape index (κ3) is 5.37. The average Bonchev–Trinajstić information content (AvgIpc) is 2.91. The number of benzene rings is 1. The van der Waals surface area contributed by atoms with Crippen LogP contribution in [0, 0.1) is 0 Å². The van der Waals surface area contributed by atoms with E-state index in [-0.39, 0.29) is 6.61 Å². The lowest BCUT2D eigenvalue weighted by atomic mass is 10.3. The highest BCUT2D eigenvalue weighted by molar-refractivity contribution is 6.30. The third-order valence-corrected chi connectivity index (χ3v) is 3.38. The van der Waals surface area contributed by atoms with Gasteiger partial charge in [-0.3, -0.25) is 4.84 Å². The van der Waals surface area contributed by atoms with E-state index in [1.165, 1.54) is 12.8 Å². The molecule has 0 amide bonds. The van der Waals surface area contributed by atoms with Gasteiger partial charge >= 0.3 is 0 Å². The monoisotopic (exact) mass is 285 g/mol. The zero-order valence-electron chi connectivity index (χ0n) is 10.8. The Labute approximate surface area is 118 Å². The average molecular weight is 286 g/mol. The first kappa shape index (κ1) is 14.6. The van der Waals surface area contributed by atoms with Gasteiger partial charge in [0.15, 0.2) is 0 Å². The number of hydrogen-bond acceptors (Lipinski definition) is 4. The third-order valence-electron chi connectivity index (χ3n) is 3.13. The van der Waals surface area contributed by atoms with Gasteiger partial charge in [-0.2, -0.15) is 5.48 Å². The van der Waals surface area contributed by atoms with Crippen LogP contribution in [-0.2, 0) is 4.84 Å². The Morgan fingerprint density at radius 2 is 1.95 bits per heavy atom. The summed E-state index contributed by atoms with van der Waals surface area (Å²) in [4.78, 5) is 5.46. The molecule has 0 radical (unpaired) electrons. The lowest BCUT2D eigenvalue weighted by Crippen LogP contribution is -2.33. The van der Waals surface area contributed by atoms with Crippen LogP contribution in [0.5, 0.6) is 5.75 Å². The van der Waals surface area contributed by atoms with Crippen molar-refractivity contribution in [2.24, 2.45) is 0 Å². The first-order valence-electron chi connectivity index (χ1n) is 6.69. The van der Waals surface area contributed by atoms with E-state index in [4.69, 9.17) is 21.2 Å². The Bertz CT molecular complexity index is 365. The first-order valence-corrected chi connectivity index (χ1v) is 7.07. The van der Waals surface area contributed by atoms with Crippen LogP contribution in [0.4, 0.5) is 0 Å². The molecule has 0 spiro atoms. The highest BCUT2D eigenvalue weighted by Gasteiger charge is 2.16. The second kappa shape index (κ2) is 7.70. The van der Waals surface area contributed by atoms with E-state index in [0.717, 1.165) is 12.8 Å². The highest BCUT2D eigenvalue weighted by Crippen LogP contribution is 2.19. The number of hydroxylamine groups is 1. The second-order valence-electron chi connectivity index (χ2n) is 4.79. The molecule has 4 nitrogen and oxygen atoms in total. The Hall–Kier alpha value is -0.810. The fraction of sp³-hybridized carbons (Fsp3) is 0.571. The van der Waals surface area contributed by atoms with Gasteiger partial charge in [0.25, 0.3) is 0 Å². The molecule has 5 heteroatoms. The van der Waals surface area contributed by atoms with E-state index >= 15 is 0 Å². The molecule has 0 bridgehead atoms. The molecule has 1 aromatic carbocycles. The quantitative estimate of drug-likeness (QED) is 0.756. The topological polar surface area (TPSA) is 50.7 Å². The van der Waals surface area contributed by atoms with E-state index < -0.39 is 6.10 Å². The predicted octanol–water partition coefficient (Wildman–Crippen LogP) is 2.54. The van der Waals surface area contributed by atoms with E-state index in [2.05, 4.69) is 5.48 Å². The van der Waals surface area contributed by atoms with E-state index in [0.29, 0.717) is 23.4 Å². The van der Waals surface area contributed by atoms with Crippen molar-refractivity contribution in [3.63, 3.8) is 0 Å². The van der Waals surface area contributed by atoms with Crippen molar-refractivity contribution >= 4 is 11.6 Å². The van der Waals surface area contributed by atoms with Gasteiger partial charge in [0, 0.05) is 5.02 Å². The maximum Gasteiger partial charge on any atom is 0.119 e. The minimum atomic E-state index is -0.600. The number of hydrogen-bond donors (Lipinski definition) is 2. The van der Waals surface area contributed by atoms with Crippen LogP contribution in [0.25, 0.3) is 0 Å². The van der Waals surface area contributed by atoms with Crippen LogP contribution in [0.2, 0.25) is 5.02 Å². The summed E-state index contributed by atoms with van der Waals surface area (Å²) in [6.45, 7) is 0.590. The lowest BCUT2D eigenvalue weighted by Gasteiger charge is -2.15. The summed E-state index contributed by atoms with van der Waals surface area (Å²) in [5.74, 6) is 0.695. The minimum Gasteiger partial charge on any atom is -0.491 e. The van der Waals surface area contributed by atoms with Gasteiger partial charge in [0.05, 0.1) is 12.6 Å². The molecule has 1 aliphatic carbocycles. The molecule has 0 saturated heterocycles. The largest absolute Gasteiger partial charge is 0.491 e. The maximum atomic E-state index is 9.75. The number of aliphatic hydroxyl groups is 1. The van der Waals surface area contributed by atoms with E-state index in [9.17, 15) is 5.11 Å². The Morgan fingerprint density at radius 3 is 2.63 bits per heavy atom. The summed E-state index contributed by atoms with van der Waals surface area (Å²) >= 11 is 5.77. The highest BCUT2D eigenvalue weighted by atomic mass is 35.5. The SMILES string of the molecule is OC(CNOC1CCCC1)COc1ccc(Cl)cc1. The molecule has 0 aliphatic heterocycles. The summed E-state index contributed by atoms with van der Waals surface area (Å²) in [6.07, 6.45) is 4.36. The van der Waals surface area contributed by atoms with Crippen LogP contribution in [0.15, 0.2) is 24.3 Å². The van der Waals surface area contributed by atoms with Gasteiger partial charge in [-0.05, 0) is 37.1 Å². The Kier molecular flexibility index (Phi) is 5.92. The molecule has 0 heterocycles. The summed E-state index contributed by atoms with van der Waals surface area (Å²) in [5.41, 5.74) is 2.82. The van der Waals surface area contributed by atoms with Crippen molar-refractivity contribution < 1.29 is 14.7 Å². The molecule has 1 aliphatic rings. The molecule has 2 rings (SSSR count). The normalized spacial score (nSPS) is 17.6. The van der Waals surface area contributed by atoms with E-state index in [1.54, 1.807) is 24.3 Å². The van der Waals surface area contributed by atoms with Crippen molar-refractivity contribution in [3.8, 4) is 5.75 Å². The summed E-state index contributed by atoms with van der Waals surface area (Å²) in [6, 6.07) is 7.06. The zero-order valence-corrected chi connectivity index (χ0v) is 11.6. The van der Waals surface area contributed by atoms with Crippen molar-refractivity contribution in [2.75, 3.05) is 13.2 Å². The van der Waals surface area contributed by atoms with Crippen LogP contribution in [-0.4, -0.2) is 30.5 Å². The predicted molar refractivity (Wildman–Crippen MR) is 74.3 cm³/mol. The van der Waals surface area contributed by atoms with Crippen molar-refractivity contribution in [2.45, 2.75) is 37.9 Å². The molecule has 1 aromatic rings. The van der Waals surface area contributed by atoms with Crippen LogP contribution < -0.4 is 10.2 Å². The lowest BCUT2D eigenvalue weighted by molar-refractivity contribution is -0.0417. The Balaban J connectivity index is 1.58. The summed E-state index contributed by atoms with van der Waals surface area (Å²) < 4.78 is 5.44. The molecule has 106 valence electrons. The summed E-state index contributed by atoms with van der Waals surface area (Å²) in [7, 11) is 0. The Morgan fingerprint density at radius 1 is 1.26 bits per heavy atom. The molecule has 0 aromatic heterocycles. The molecular formula is C14H20ClNO3. The van der Waals surface area contributed by atoms with Gasteiger partial charge in [-0.25, -0.2) is 0 Å². The first-order chi connectivity index (χ1) is 9.24. The molecule has 2 N–H and O–H groups in total. The number of aliphatic hydroxyl groups excluding tert-OH is 1. The van der Waals surface area contributed by atoms with Gasteiger partial charge < -0.3 is 9.84 Å². The van der Waals surface area contributed by atoms with Crippen LogP contribution in [0.1, 0.15) is 25.7 Å². The molecule has 1 unspecified atom stereocenters. The van der Waals surface area contributed by atoms with Gasteiger partial charge in [0.1, 0.15) is 18.5 Å². The number of ether oxygens (including phenoxy) is 1. The maximum absolute atomic E-state index is 9.75. The number of rotatable bonds is 7. The number of halogens is 1.